The molecule has 0 fully saturated rings. The summed E-state index contributed by atoms with van der Waals surface area (Å²) >= 11 is 0. The van der Waals surface area contributed by atoms with Crippen molar-refractivity contribution in [1.82, 2.24) is 0 Å². The van der Waals surface area contributed by atoms with Crippen molar-refractivity contribution in [3.63, 3.8) is 0 Å². The minimum absolute atomic E-state index is 0.579. The maximum absolute atomic E-state index is 5.27. The standard InChI is InChI=1S/C12H16O4/c1-6-8-11(15-4)9(13-2)7-10(14-3)12(8)16-5/h6-7H,1H2,2-5H3. The van der Waals surface area contributed by atoms with Crippen molar-refractivity contribution in [3.8, 4) is 23.0 Å². The molecule has 0 atom stereocenters. The van der Waals surface area contributed by atoms with Gasteiger partial charge in [-0.05, 0) is 0 Å². The predicted molar refractivity (Wildman–Crippen MR) is 62.7 cm³/mol. The molecule has 0 spiro atoms. The number of rotatable bonds is 5. The van der Waals surface area contributed by atoms with Gasteiger partial charge in [-0.2, -0.15) is 0 Å². The van der Waals surface area contributed by atoms with Gasteiger partial charge in [0.2, 0.25) is 0 Å². The van der Waals surface area contributed by atoms with E-state index >= 15 is 0 Å². The van der Waals surface area contributed by atoms with Gasteiger partial charge in [0.1, 0.15) is 0 Å². The monoisotopic (exact) mass is 224 g/mol. The van der Waals surface area contributed by atoms with Gasteiger partial charge < -0.3 is 18.9 Å². The summed E-state index contributed by atoms with van der Waals surface area (Å²) in [4.78, 5) is 0. The van der Waals surface area contributed by atoms with Crippen LogP contribution in [0.2, 0.25) is 0 Å². The van der Waals surface area contributed by atoms with Crippen LogP contribution in [-0.4, -0.2) is 28.4 Å². The largest absolute Gasteiger partial charge is 0.493 e. The number of hydrogen-bond acceptors (Lipinski definition) is 4. The third-order valence-corrected chi connectivity index (χ3v) is 2.25. The Kier molecular flexibility index (Phi) is 4.05. The zero-order chi connectivity index (χ0) is 12.1. The normalized spacial score (nSPS) is 9.50. The second-order valence-electron chi connectivity index (χ2n) is 2.97. The van der Waals surface area contributed by atoms with Gasteiger partial charge in [0.15, 0.2) is 23.0 Å². The fraction of sp³-hybridized carbons (Fsp3) is 0.333. The first kappa shape index (κ1) is 12.2. The van der Waals surface area contributed by atoms with Gasteiger partial charge in [-0.15, -0.1) is 0 Å². The van der Waals surface area contributed by atoms with Crippen LogP contribution in [0.4, 0.5) is 0 Å². The lowest BCUT2D eigenvalue weighted by molar-refractivity contribution is 0.328. The summed E-state index contributed by atoms with van der Waals surface area (Å²) in [6.45, 7) is 3.73. The molecule has 16 heavy (non-hydrogen) atoms. The van der Waals surface area contributed by atoms with Crippen molar-refractivity contribution in [2.45, 2.75) is 0 Å². The van der Waals surface area contributed by atoms with E-state index in [4.69, 9.17) is 18.9 Å². The van der Waals surface area contributed by atoms with Crippen molar-refractivity contribution in [2.75, 3.05) is 28.4 Å². The number of benzene rings is 1. The second-order valence-corrected chi connectivity index (χ2v) is 2.97. The van der Waals surface area contributed by atoms with E-state index in [0.29, 0.717) is 28.6 Å². The highest BCUT2D eigenvalue weighted by Crippen LogP contribution is 2.44. The van der Waals surface area contributed by atoms with Gasteiger partial charge in [0.25, 0.3) is 0 Å². The Morgan fingerprint density at radius 2 is 1.31 bits per heavy atom. The smallest absolute Gasteiger partial charge is 0.171 e. The molecule has 88 valence electrons. The van der Waals surface area contributed by atoms with Gasteiger partial charge in [-0.3, -0.25) is 0 Å². The lowest BCUT2D eigenvalue weighted by atomic mass is 10.1. The number of methoxy groups -OCH3 is 4. The predicted octanol–water partition coefficient (Wildman–Crippen LogP) is 2.36. The highest BCUT2D eigenvalue weighted by Gasteiger charge is 2.18. The molecule has 0 aliphatic rings. The van der Waals surface area contributed by atoms with Crippen LogP contribution >= 0.6 is 0 Å². The zero-order valence-electron chi connectivity index (χ0n) is 9.99. The van der Waals surface area contributed by atoms with E-state index in [9.17, 15) is 0 Å². The third kappa shape index (κ3) is 1.91. The van der Waals surface area contributed by atoms with Crippen LogP contribution in [-0.2, 0) is 0 Å². The van der Waals surface area contributed by atoms with E-state index in [1.54, 1.807) is 40.6 Å². The van der Waals surface area contributed by atoms with E-state index in [0.717, 1.165) is 0 Å². The van der Waals surface area contributed by atoms with Crippen LogP contribution in [0.15, 0.2) is 12.6 Å². The minimum Gasteiger partial charge on any atom is -0.493 e. The van der Waals surface area contributed by atoms with Gasteiger partial charge in [-0.25, -0.2) is 0 Å². The summed E-state index contributed by atoms with van der Waals surface area (Å²) in [5.41, 5.74) is 0.709. The Balaban J connectivity index is 3.54. The highest BCUT2D eigenvalue weighted by atomic mass is 16.5. The fourth-order valence-electron chi connectivity index (χ4n) is 1.53. The Labute approximate surface area is 95.4 Å². The van der Waals surface area contributed by atoms with Crippen molar-refractivity contribution >= 4 is 6.08 Å². The Bertz CT molecular complexity index is 355. The summed E-state index contributed by atoms with van der Waals surface area (Å²) in [7, 11) is 6.26. The topological polar surface area (TPSA) is 36.9 Å². The fourth-order valence-corrected chi connectivity index (χ4v) is 1.53. The van der Waals surface area contributed by atoms with E-state index in [1.807, 2.05) is 0 Å². The second kappa shape index (κ2) is 5.30. The van der Waals surface area contributed by atoms with E-state index in [-0.39, 0.29) is 0 Å². The van der Waals surface area contributed by atoms with Crippen LogP contribution in [0.3, 0.4) is 0 Å². The van der Waals surface area contributed by atoms with Crippen molar-refractivity contribution < 1.29 is 18.9 Å². The molecule has 0 aromatic heterocycles. The molecule has 0 bridgehead atoms. The van der Waals surface area contributed by atoms with Crippen LogP contribution < -0.4 is 18.9 Å². The van der Waals surface area contributed by atoms with Crippen LogP contribution in [0.5, 0.6) is 23.0 Å². The summed E-state index contributed by atoms with van der Waals surface area (Å²) in [6.07, 6.45) is 1.64. The quantitative estimate of drug-likeness (QED) is 0.769. The lowest BCUT2D eigenvalue weighted by Crippen LogP contribution is -1.99. The molecule has 4 heteroatoms. The van der Waals surface area contributed by atoms with E-state index in [2.05, 4.69) is 6.58 Å². The third-order valence-electron chi connectivity index (χ3n) is 2.25. The Hall–Kier alpha value is -1.84. The molecule has 0 heterocycles. The first-order valence-electron chi connectivity index (χ1n) is 4.72. The summed E-state index contributed by atoms with van der Waals surface area (Å²) in [6, 6.07) is 1.71. The molecule has 4 nitrogen and oxygen atoms in total. The Morgan fingerprint density at radius 1 is 0.875 bits per heavy atom. The van der Waals surface area contributed by atoms with Gasteiger partial charge >= 0.3 is 0 Å². The molecule has 0 amide bonds. The highest BCUT2D eigenvalue weighted by molar-refractivity contribution is 5.72. The molecule has 0 saturated heterocycles. The zero-order valence-corrected chi connectivity index (χ0v) is 9.99. The number of ether oxygens (including phenoxy) is 4. The van der Waals surface area contributed by atoms with E-state index < -0.39 is 0 Å². The lowest BCUT2D eigenvalue weighted by Gasteiger charge is -2.16. The first-order chi connectivity index (χ1) is 7.73. The number of hydrogen-bond donors (Lipinski definition) is 0. The SMILES string of the molecule is C=Cc1c(OC)c(OC)cc(OC)c1OC. The van der Waals surface area contributed by atoms with Crippen LogP contribution in [0.1, 0.15) is 5.56 Å². The average molecular weight is 224 g/mol. The molecule has 0 N–H and O–H groups in total. The average Bonchev–Trinajstić information content (AvgIpc) is 2.35. The van der Waals surface area contributed by atoms with Gasteiger partial charge in [0, 0.05) is 6.07 Å². The first-order valence-corrected chi connectivity index (χ1v) is 4.72. The molecular formula is C12H16O4. The minimum atomic E-state index is 0.579. The van der Waals surface area contributed by atoms with Crippen molar-refractivity contribution in [2.24, 2.45) is 0 Å². The van der Waals surface area contributed by atoms with Gasteiger partial charge in [-0.1, -0.05) is 12.7 Å². The Morgan fingerprint density at radius 3 is 1.56 bits per heavy atom. The van der Waals surface area contributed by atoms with Gasteiger partial charge in [0.05, 0.1) is 34.0 Å². The molecule has 0 saturated carbocycles. The molecule has 1 rings (SSSR count). The van der Waals surface area contributed by atoms with Crippen molar-refractivity contribution in [3.05, 3.63) is 18.2 Å². The summed E-state index contributed by atoms with van der Waals surface area (Å²) < 4.78 is 21.0. The molecule has 0 unspecified atom stereocenters. The van der Waals surface area contributed by atoms with Crippen molar-refractivity contribution in [1.29, 1.82) is 0 Å². The van der Waals surface area contributed by atoms with Crippen LogP contribution in [0.25, 0.3) is 6.08 Å². The van der Waals surface area contributed by atoms with E-state index in [1.165, 1.54) is 0 Å². The molecule has 1 aromatic rings. The molecule has 0 radical (unpaired) electrons. The summed E-state index contributed by atoms with van der Waals surface area (Å²) in [5, 5.41) is 0. The maximum atomic E-state index is 5.27. The summed E-state index contributed by atoms with van der Waals surface area (Å²) in [5.74, 6) is 2.32. The molecule has 0 aliphatic carbocycles. The molecular weight excluding hydrogens is 208 g/mol. The molecule has 0 aliphatic heterocycles. The maximum Gasteiger partial charge on any atom is 0.171 e. The molecule has 1 aromatic carbocycles. The van der Waals surface area contributed by atoms with Crippen LogP contribution in [0, 0.1) is 0 Å².